The largest absolute Gasteiger partial charge is 0.465 e. The molecule has 4 atom stereocenters. The number of hydrogen-bond acceptors (Lipinski definition) is 7. The molecule has 0 spiro atoms. The summed E-state index contributed by atoms with van der Waals surface area (Å²) in [7, 11) is 0. The molecule has 1 aliphatic rings. The van der Waals surface area contributed by atoms with Crippen LogP contribution in [0.1, 0.15) is 19.4 Å². The van der Waals surface area contributed by atoms with Crippen LogP contribution < -0.4 is 11.2 Å². The lowest BCUT2D eigenvalue weighted by Gasteiger charge is -2.19. The number of thiophene rings is 1. The fraction of sp³-hybridized carbons (Fsp3) is 0.438. The quantitative estimate of drug-likeness (QED) is 0.661. The molecule has 0 bridgehead atoms. The molecule has 0 radical (unpaired) electrons. The van der Waals surface area contributed by atoms with E-state index in [4.69, 9.17) is 4.74 Å². The van der Waals surface area contributed by atoms with Gasteiger partial charge in [-0.1, -0.05) is 0 Å². The number of carbonyl (C=O) groups is 1. The van der Waals surface area contributed by atoms with Gasteiger partial charge in [-0.2, -0.15) is 11.3 Å². The summed E-state index contributed by atoms with van der Waals surface area (Å²) in [5.41, 5.74) is -0.187. The maximum Gasteiger partial charge on any atom is 0.328 e. The van der Waals surface area contributed by atoms with E-state index in [0.717, 1.165) is 0 Å². The molecule has 1 aliphatic carbocycles. The Bertz CT molecular complexity index is 871. The number of hydrogen-bond donors (Lipinski definition) is 3. The first-order valence-electron chi connectivity index (χ1n) is 7.76. The molecule has 25 heavy (non-hydrogen) atoms. The molecule has 0 unspecified atom stereocenters. The molecule has 0 aliphatic heterocycles. The van der Waals surface area contributed by atoms with Crippen molar-refractivity contribution in [3.63, 3.8) is 0 Å². The molecule has 0 amide bonds. The van der Waals surface area contributed by atoms with Crippen LogP contribution in [0.3, 0.4) is 0 Å². The second-order valence-electron chi connectivity index (χ2n) is 6.07. The van der Waals surface area contributed by atoms with Crippen molar-refractivity contribution in [3.05, 3.63) is 43.9 Å². The number of nitrogens with one attached hydrogen (secondary N) is 1. The SMILES string of the molecule is CC(=O)OC[C@H]1C[C@@H](n2cc(-c3ccsc3)c(=O)[nH]c2=O)[C@@H](O)[C@H]1O. The topological polar surface area (TPSA) is 122 Å². The molecule has 9 heteroatoms. The molecule has 1 fully saturated rings. The van der Waals surface area contributed by atoms with E-state index in [0.29, 0.717) is 11.1 Å². The predicted octanol–water partition coefficient (Wildman–Crippen LogP) is 0.111. The summed E-state index contributed by atoms with van der Waals surface area (Å²) in [6.45, 7) is 1.22. The maximum absolute atomic E-state index is 12.2. The minimum atomic E-state index is -1.21. The van der Waals surface area contributed by atoms with Gasteiger partial charge in [0.25, 0.3) is 5.56 Å². The highest BCUT2D eigenvalue weighted by Crippen LogP contribution is 2.35. The van der Waals surface area contributed by atoms with E-state index in [2.05, 4.69) is 4.98 Å². The Morgan fingerprint density at radius 2 is 2.16 bits per heavy atom. The molecule has 134 valence electrons. The molecule has 1 saturated carbocycles. The van der Waals surface area contributed by atoms with Crippen LogP contribution >= 0.6 is 11.3 Å². The molecule has 2 heterocycles. The summed E-state index contributed by atoms with van der Waals surface area (Å²) < 4.78 is 6.14. The summed E-state index contributed by atoms with van der Waals surface area (Å²) in [6, 6.07) is 1.03. The monoisotopic (exact) mass is 366 g/mol. The number of carbonyl (C=O) groups excluding carboxylic acids is 1. The summed E-state index contributed by atoms with van der Waals surface area (Å²) in [4.78, 5) is 37.5. The third-order valence-corrected chi connectivity index (χ3v) is 5.11. The molecule has 0 aromatic carbocycles. The molecular formula is C16H18N2O6S. The smallest absolute Gasteiger partial charge is 0.328 e. The number of aliphatic hydroxyl groups is 2. The third-order valence-electron chi connectivity index (χ3n) is 4.43. The van der Waals surface area contributed by atoms with Crippen molar-refractivity contribution in [1.29, 1.82) is 0 Å². The van der Waals surface area contributed by atoms with E-state index in [1.165, 1.54) is 29.0 Å². The van der Waals surface area contributed by atoms with E-state index < -0.39 is 41.4 Å². The van der Waals surface area contributed by atoms with Crippen LogP contribution in [-0.4, -0.2) is 44.5 Å². The van der Waals surface area contributed by atoms with Crippen LogP contribution in [0.25, 0.3) is 11.1 Å². The highest BCUT2D eigenvalue weighted by Gasteiger charge is 2.43. The maximum atomic E-state index is 12.2. The standard InChI is InChI=1S/C16H18N2O6S/c1-8(19)24-6-10-4-12(14(21)13(10)20)18-5-11(9-2-3-25-7-9)15(22)17-16(18)23/h2-3,5,7,10,12-14,20-21H,4,6H2,1H3,(H,17,22,23)/t10-,12-,13+,14-/m1/s1. The number of rotatable bonds is 4. The van der Waals surface area contributed by atoms with Crippen molar-refractivity contribution < 1.29 is 19.7 Å². The van der Waals surface area contributed by atoms with Crippen LogP contribution in [-0.2, 0) is 9.53 Å². The number of esters is 1. The number of aliphatic hydroxyl groups excluding tert-OH is 2. The van der Waals surface area contributed by atoms with Crippen molar-refractivity contribution in [2.45, 2.75) is 31.6 Å². The number of nitrogens with zero attached hydrogens (tertiary/aromatic N) is 1. The molecule has 3 rings (SSSR count). The fourth-order valence-corrected chi connectivity index (χ4v) is 3.78. The highest BCUT2D eigenvalue weighted by atomic mass is 32.1. The molecule has 2 aromatic rings. The summed E-state index contributed by atoms with van der Waals surface area (Å²) in [5.74, 6) is -0.974. The van der Waals surface area contributed by atoms with E-state index in [-0.39, 0.29) is 13.0 Å². The van der Waals surface area contributed by atoms with Crippen molar-refractivity contribution in [1.82, 2.24) is 9.55 Å². The molecule has 0 saturated heterocycles. The van der Waals surface area contributed by atoms with Gasteiger partial charge in [0.05, 0.1) is 24.3 Å². The highest BCUT2D eigenvalue weighted by molar-refractivity contribution is 7.08. The second kappa shape index (κ2) is 6.95. The molecular weight excluding hydrogens is 348 g/mol. The van der Waals surface area contributed by atoms with Gasteiger partial charge in [-0.25, -0.2) is 4.79 Å². The van der Waals surface area contributed by atoms with Gasteiger partial charge in [-0.15, -0.1) is 0 Å². The Balaban J connectivity index is 1.93. The zero-order valence-electron chi connectivity index (χ0n) is 13.4. The van der Waals surface area contributed by atoms with Crippen LogP contribution in [0.4, 0.5) is 0 Å². The van der Waals surface area contributed by atoms with Gasteiger partial charge in [-0.05, 0) is 28.8 Å². The lowest BCUT2D eigenvalue weighted by Crippen LogP contribution is -2.37. The van der Waals surface area contributed by atoms with Gasteiger partial charge in [0.1, 0.15) is 6.10 Å². The number of ether oxygens (including phenoxy) is 1. The Hall–Kier alpha value is -2.23. The molecule has 2 aromatic heterocycles. The number of H-pyrrole nitrogens is 1. The first-order chi connectivity index (χ1) is 11.9. The minimum absolute atomic E-state index is 0.0421. The average molecular weight is 366 g/mol. The van der Waals surface area contributed by atoms with Gasteiger partial charge in [0.15, 0.2) is 0 Å². The third kappa shape index (κ3) is 3.44. The second-order valence-corrected chi connectivity index (χ2v) is 6.85. The molecule has 3 N–H and O–H groups in total. The Kier molecular flexibility index (Phi) is 4.89. The van der Waals surface area contributed by atoms with Gasteiger partial charge < -0.3 is 14.9 Å². The van der Waals surface area contributed by atoms with Gasteiger partial charge >= 0.3 is 11.7 Å². The van der Waals surface area contributed by atoms with Crippen LogP contribution in [0.15, 0.2) is 32.6 Å². The Morgan fingerprint density at radius 3 is 2.80 bits per heavy atom. The normalized spacial score (nSPS) is 25.9. The lowest BCUT2D eigenvalue weighted by atomic mass is 10.1. The van der Waals surface area contributed by atoms with Crippen molar-refractivity contribution in [3.8, 4) is 11.1 Å². The lowest BCUT2D eigenvalue weighted by molar-refractivity contribution is -0.143. The number of aromatic nitrogens is 2. The summed E-state index contributed by atoms with van der Waals surface area (Å²) in [5, 5.41) is 24.1. The molecule has 8 nitrogen and oxygen atoms in total. The first-order valence-corrected chi connectivity index (χ1v) is 8.70. The van der Waals surface area contributed by atoms with E-state index in [1.807, 2.05) is 5.38 Å². The van der Waals surface area contributed by atoms with Crippen molar-refractivity contribution in [2.24, 2.45) is 5.92 Å². The van der Waals surface area contributed by atoms with Crippen LogP contribution in [0, 0.1) is 5.92 Å². The van der Waals surface area contributed by atoms with Crippen LogP contribution in [0.5, 0.6) is 0 Å². The van der Waals surface area contributed by atoms with Crippen molar-refractivity contribution in [2.75, 3.05) is 6.61 Å². The Morgan fingerprint density at radius 1 is 1.40 bits per heavy atom. The summed E-state index contributed by atoms with van der Waals surface area (Å²) in [6.07, 6.45) is -0.699. The fourth-order valence-electron chi connectivity index (χ4n) is 3.12. The van der Waals surface area contributed by atoms with E-state index in [9.17, 15) is 24.6 Å². The predicted molar refractivity (Wildman–Crippen MR) is 90.4 cm³/mol. The van der Waals surface area contributed by atoms with Gasteiger partial charge in [0.2, 0.25) is 0 Å². The van der Waals surface area contributed by atoms with E-state index in [1.54, 1.807) is 11.4 Å². The zero-order valence-corrected chi connectivity index (χ0v) is 14.2. The first kappa shape index (κ1) is 17.6. The number of aromatic amines is 1. The van der Waals surface area contributed by atoms with Crippen molar-refractivity contribution >= 4 is 17.3 Å². The summed E-state index contributed by atoms with van der Waals surface area (Å²) >= 11 is 1.42. The van der Waals surface area contributed by atoms with E-state index >= 15 is 0 Å². The minimum Gasteiger partial charge on any atom is -0.465 e. The Labute approximate surface area is 146 Å². The zero-order chi connectivity index (χ0) is 18.1. The van der Waals surface area contributed by atoms with Gasteiger partial charge in [0, 0.05) is 19.0 Å². The van der Waals surface area contributed by atoms with Crippen LogP contribution in [0.2, 0.25) is 0 Å². The average Bonchev–Trinajstić information content (AvgIpc) is 3.17. The van der Waals surface area contributed by atoms with Gasteiger partial charge in [-0.3, -0.25) is 19.1 Å².